The van der Waals surface area contributed by atoms with Crippen molar-refractivity contribution in [3.8, 4) is 0 Å². The second-order valence-electron chi connectivity index (χ2n) is 5.71. The topological polar surface area (TPSA) is 32.5 Å². The third-order valence-corrected chi connectivity index (χ3v) is 3.55. The van der Waals surface area contributed by atoms with Gasteiger partial charge in [-0.15, -0.1) is 0 Å². The number of hydrogen-bond donors (Lipinski definition) is 1. The Bertz CT molecular complexity index is 239. The quantitative estimate of drug-likeness (QED) is 0.761. The summed E-state index contributed by atoms with van der Waals surface area (Å²) in [4.78, 5) is 5.66. The Hall–Kier alpha value is -0.190. The van der Waals surface area contributed by atoms with Crippen LogP contribution in [-0.2, 0) is 0 Å². The fraction of sp³-hybridized carbons (Fsp3) is 0.917. The zero-order valence-corrected chi connectivity index (χ0v) is 11.8. The van der Waals surface area contributed by atoms with E-state index in [0.717, 1.165) is 32.6 Å². The molecule has 0 saturated carbocycles. The molecule has 1 rings (SSSR count). The summed E-state index contributed by atoms with van der Waals surface area (Å²) in [7, 11) is 0. The number of nitrogens with two attached hydrogens (primary N) is 1. The molecular formula is C12H25N3S. The first-order valence-electron chi connectivity index (χ1n) is 6.08. The number of nitrogens with zero attached hydrogens (tertiary/aromatic N) is 2. The van der Waals surface area contributed by atoms with E-state index in [1.807, 2.05) is 0 Å². The van der Waals surface area contributed by atoms with E-state index in [1.54, 1.807) is 0 Å². The van der Waals surface area contributed by atoms with Gasteiger partial charge >= 0.3 is 0 Å². The minimum atomic E-state index is 0.290. The van der Waals surface area contributed by atoms with Crippen molar-refractivity contribution in [1.29, 1.82) is 0 Å². The lowest BCUT2D eigenvalue weighted by atomic mass is 10.0. The summed E-state index contributed by atoms with van der Waals surface area (Å²) in [6.07, 6.45) is 0.838. The first kappa shape index (κ1) is 13.9. The van der Waals surface area contributed by atoms with E-state index in [0.29, 0.717) is 16.6 Å². The molecule has 3 nitrogen and oxygen atoms in total. The van der Waals surface area contributed by atoms with Gasteiger partial charge in [-0.1, -0.05) is 12.2 Å². The average Bonchev–Trinajstić information content (AvgIpc) is 2.15. The van der Waals surface area contributed by atoms with Gasteiger partial charge in [0, 0.05) is 44.2 Å². The van der Waals surface area contributed by atoms with Gasteiger partial charge in [0.2, 0.25) is 0 Å². The zero-order chi connectivity index (χ0) is 12.3. The Labute approximate surface area is 105 Å². The zero-order valence-electron chi connectivity index (χ0n) is 11.0. The van der Waals surface area contributed by atoms with Gasteiger partial charge in [0.1, 0.15) is 0 Å². The summed E-state index contributed by atoms with van der Waals surface area (Å²) in [6, 6.07) is 0.486. The van der Waals surface area contributed by atoms with Gasteiger partial charge in [-0.25, -0.2) is 0 Å². The van der Waals surface area contributed by atoms with Gasteiger partial charge in [0.15, 0.2) is 0 Å². The van der Waals surface area contributed by atoms with E-state index in [-0.39, 0.29) is 0 Å². The molecule has 1 atom stereocenters. The highest BCUT2D eigenvalue weighted by Gasteiger charge is 2.27. The predicted octanol–water partition coefficient (Wildman–Crippen LogP) is 1.47. The molecule has 1 fully saturated rings. The van der Waals surface area contributed by atoms with E-state index in [9.17, 15) is 0 Å². The summed E-state index contributed by atoms with van der Waals surface area (Å²) < 4.78 is 0. The van der Waals surface area contributed by atoms with Crippen LogP contribution in [0.4, 0.5) is 0 Å². The Morgan fingerprint density at radius 3 is 2.12 bits per heavy atom. The van der Waals surface area contributed by atoms with Gasteiger partial charge in [-0.3, -0.25) is 9.80 Å². The number of rotatable bonds is 3. The molecule has 0 aromatic carbocycles. The predicted molar refractivity (Wildman–Crippen MR) is 73.8 cm³/mol. The van der Waals surface area contributed by atoms with Gasteiger partial charge in [0.05, 0.1) is 4.99 Å². The highest BCUT2D eigenvalue weighted by Crippen LogP contribution is 2.17. The largest absolute Gasteiger partial charge is 0.393 e. The Balaban J connectivity index is 2.40. The molecule has 0 aliphatic carbocycles. The van der Waals surface area contributed by atoms with Crippen molar-refractivity contribution in [1.82, 2.24) is 9.80 Å². The second-order valence-corrected chi connectivity index (χ2v) is 6.24. The second kappa shape index (κ2) is 5.43. The average molecular weight is 243 g/mol. The van der Waals surface area contributed by atoms with Crippen LogP contribution in [0.3, 0.4) is 0 Å². The van der Waals surface area contributed by atoms with E-state index >= 15 is 0 Å². The van der Waals surface area contributed by atoms with E-state index in [4.69, 9.17) is 18.0 Å². The van der Waals surface area contributed by atoms with Crippen LogP contribution in [0.5, 0.6) is 0 Å². The normalized spacial score (nSPS) is 22.0. The van der Waals surface area contributed by atoms with Crippen molar-refractivity contribution in [3.05, 3.63) is 0 Å². The smallest absolute Gasteiger partial charge is 0.0742 e. The molecule has 0 amide bonds. The van der Waals surface area contributed by atoms with Crippen LogP contribution in [0, 0.1) is 0 Å². The van der Waals surface area contributed by atoms with Crippen molar-refractivity contribution in [2.24, 2.45) is 5.73 Å². The lowest BCUT2D eigenvalue weighted by Gasteiger charge is -2.44. The van der Waals surface area contributed by atoms with E-state index in [2.05, 4.69) is 37.5 Å². The van der Waals surface area contributed by atoms with Crippen molar-refractivity contribution in [3.63, 3.8) is 0 Å². The molecule has 2 N–H and O–H groups in total. The van der Waals surface area contributed by atoms with Gasteiger partial charge < -0.3 is 5.73 Å². The molecule has 94 valence electrons. The molecular weight excluding hydrogens is 218 g/mol. The number of thiocarbonyl (C=S) groups is 1. The summed E-state index contributed by atoms with van der Waals surface area (Å²) in [6.45, 7) is 13.6. The minimum Gasteiger partial charge on any atom is -0.393 e. The van der Waals surface area contributed by atoms with Crippen molar-refractivity contribution < 1.29 is 0 Å². The summed E-state index contributed by atoms with van der Waals surface area (Å²) >= 11 is 4.96. The SMILES string of the molecule is CC(CC(N)=S)N1CCN(C(C)(C)C)CC1. The molecule has 1 aliphatic rings. The fourth-order valence-electron chi connectivity index (χ4n) is 2.25. The third kappa shape index (κ3) is 4.00. The third-order valence-electron chi connectivity index (χ3n) is 3.38. The van der Waals surface area contributed by atoms with E-state index < -0.39 is 0 Å². The lowest BCUT2D eigenvalue weighted by molar-refractivity contribution is 0.0470. The van der Waals surface area contributed by atoms with Crippen LogP contribution >= 0.6 is 12.2 Å². The Morgan fingerprint density at radius 1 is 1.25 bits per heavy atom. The standard InChI is InChI=1S/C12H25N3S/c1-10(9-11(13)16)14-5-7-15(8-6-14)12(2,3)4/h10H,5-9H2,1-4H3,(H2,13,16). The maximum absolute atomic E-state index is 5.59. The molecule has 1 aliphatic heterocycles. The maximum atomic E-state index is 5.59. The molecule has 0 aromatic rings. The van der Waals surface area contributed by atoms with Crippen molar-refractivity contribution in [2.45, 2.75) is 45.7 Å². The van der Waals surface area contributed by atoms with Crippen LogP contribution in [-0.4, -0.2) is 52.5 Å². The maximum Gasteiger partial charge on any atom is 0.0742 e. The summed E-state index contributed by atoms with van der Waals surface area (Å²) in [5, 5.41) is 0. The molecule has 1 saturated heterocycles. The molecule has 0 aromatic heterocycles. The van der Waals surface area contributed by atoms with Crippen LogP contribution in [0.2, 0.25) is 0 Å². The molecule has 1 unspecified atom stereocenters. The molecule has 16 heavy (non-hydrogen) atoms. The molecule has 1 heterocycles. The van der Waals surface area contributed by atoms with Crippen molar-refractivity contribution in [2.75, 3.05) is 26.2 Å². The highest BCUT2D eigenvalue weighted by atomic mass is 32.1. The molecule has 0 spiro atoms. The summed E-state index contributed by atoms with van der Waals surface area (Å²) in [5.74, 6) is 0. The van der Waals surface area contributed by atoms with Crippen LogP contribution in [0.25, 0.3) is 0 Å². The monoisotopic (exact) mass is 243 g/mol. The van der Waals surface area contributed by atoms with E-state index in [1.165, 1.54) is 0 Å². The Kier molecular flexibility index (Phi) is 4.71. The Morgan fingerprint density at radius 2 is 1.75 bits per heavy atom. The van der Waals surface area contributed by atoms with Gasteiger partial charge in [0.25, 0.3) is 0 Å². The number of piperazine rings is 1. The summed E-state index contributed by atoms with van der Waals surface area (Å²) in [5.41, 5.74) is 5.88. The van der Waals surface area contributed by atoms with Gasteiger partial charge in [-0.05, 0) is 27.7 Å². The fourth-order valence-corrected chi connectivity index (χ4v) is 2.49. The first-order valence-corrected chi connectivity index (χ1v) is 6.49. The highest BCUT2D eigenvalue weighted by molar-refractivity contribution is 7.80. The van der Waals surface area contributed by atoms with Crippen molar-refractivity contribution >= 4 is 17.2 Å². The molecule has 0 radical (unpaired) electrons. The molecule has 0 bridgehead atoms. The van der Waals surface area contributed by atoms with Crippen LogP contribution < -0.4 is 5.73 Å². The van der Waals surface area contributed by atoms with Gasteiger partial charge in [-0.2, -0.15) is 0 Å². The lowest BCUT2D eigenvalue weighted by Crippen LogP contribution is -2.55. The number of hydrogen-bond acceptors (Lipinski definition) is 3. The minimum absolute atomic E-state index is 0.290. The molecule has 4 heteroatoms. The van der Waals surface area contributed by atoms with Crippen LogP contribution in [0.1, 0.15) is 34.1 Å². The van der Waals surface area contributed by atoms with Crippen LogP contribution in [0.15, 0.2) is 0 Å². The first-order chi connectivity index (χ1) is 7.30.